The molecule has 1 amide bonds. The second-order valence-corrected chi connectivity index (χ2v) is 10.4. The number of nitrogens with one attached hydrogen (secondary N) is 1. The maximum atomic E-state index is 12.9. The third-order valence-electron chi connectivity index (χ3n) is 8.15. The van der Waals surface area contributed by atoms with Crippen molar-refractivity contribution in [1.29, 1.82) is 0 Å². The largest absolute Gasteiger partial charge is 0.367 e. The minimum Gasteiger partial charge on any atom is -0.367 e. The standard InChI is InChI=1S/C29H39N7O/c1-4-27(34-10-12-35(13-11-34)29(37)24-14-21(15-24)17-30-2)28-16-25(20-36(28)31-3)26-8-7-23(19-33-26)22-6-5-9-32-18-22/h4,7-8,16-17,19-22,24,32H,3,5-6,9-15,18H2,1-2H3/b27-4+,30-17?/t21-,22-,24-/m1/s1. The molecule has 1 aliphatic carbocycles. The first-order valence-corrected chi connectivity index (χ1v) is 13.6. The van der Waals surface area contributed by atoms with Crippen LogP contribution in [0.15, 0.2) is 46.8 Å². The molecule has 3 aliphatic rings. The number of aromatic nitrogens is 2. The summed E-state index contributed by atoms with van der Waals surface area (Å²) in [7, 11) is 1.80. The van der Waals surface area contributed by atoms with Crippen LogP contribution in [-0.4, -0.2) is 84.6 Å². The average Bonchev–Trinajstić information content (AvgIpc) is 3.36. The van der Waals surface area contributed by atoms with Crippen molar-refractivity contribution in [1.82, 2.24) is 24.8 Å². The van der Waals surface area contributed by atoms with E-state index in [1.54, 1.807) is 7.05 Å². The van der Waals surface area contributed by atoms with Gasteiger partial charge in [-0.15, -0.1) is 0 Å². The van der Waals surface area contributed by atoms with Gasteiger partial charge < -0.3 is 20.1 Å². The summed E-state index contributed by atoms with van der Waals surface area (Å²) in [5, 5.41) is 7.75. The van der Waals surface area contributed by atoms with Crippen molar-refractivity contribution in [2.75, 3.05) is 46.3 Å². The van der Waals surface area contributed by atoms with Gasteiger partial charge in [0.1, 0.15) is 0 Å². The molecule has 0 spiro atoms. The van der Waals surface area contributed by atoms with E-state index in [0.29, 0.717) is 17.7 Å². The Morgan fingerprint density at radius 3 is 2.59 bits per heavy atom. The van der Waals surface area contributed by atoms with E-state index in [4.69, 9.17) is 4.98 Å². The summed E-state index contributed by atoms with van der Waals surface area (Å²) in [6, 6.07) is 6.48. The SMILES string of the molecule is C=Nn1cc(-c2ccc([C@@H]3CCCNC3)cn2)cc1/C(=C\C)N1CCN(C(=O)[C@H]2C[C@H](C=NC)C2)CC1. The van der Waals surface area contributed by atoms with Crippen LogP contribution in [0.25, 0.3) is 17.0 Å². The van der Waals surface area contributed by atoms with Crippen LogP contribution in [-0.2, 0) is 4.79 Å². The fourth-order valence-corrected chi connectivity index (χ4v) is 5.97. The van der Waals surface area contributed by atoms with Gasteiger partial charge in [-0.1, -0.05) is 12.1 Å². The van der Waals surface area contributed by atoms with Gasteiger partial charge in [-0.05, 0) is 68.7 Å². The molecule has 0 unspecified atom stereocenters. The van der Waals surface area contributed by atoms with E-state index in [1.165, 1.54) is 18.4 Å². The maximum absolute atomic E-state index is 12.9. The predicted octanol–water partition coefficient (Wildman–Crippen LogP) is 3.71. The van der Waals surface area contributed by atoms with Gasteiger partial charge in [0.05, 0.1) is 17.1 Å². The number of allylic oxidation sites excluding steroid dienone is 1. The zero-order valence-corrected chi connectivity index (χ0v) is 22.1. The molecular weight excluding hydrogens is 462 g/mol. The molecule has 2 aromatic rings. The molecule has 2 aromatic heterocycles. The molecule has 196 valence electrons. The van der Waals surface area contributed by atoms with Gasteiger partial charge in [-0.3, -0.25) is 9.78 Å². The maximum Gasteiger partial charge on any atom is 0.225 e. The van der Waals surface area contributed by atoms with Crippen molar-refractivity contribution in [2.24, 2.45) is 21.9 Å². The first kappa shape index (κ1) is 25.4. The lowest BCUT2D eigenvalue weighted by molar-refractivity contribution is -0.140. The molecule has 1 saturated carbocycles. The van der Waals surface area contributed by atoms with Crippen molar-refractivity contribution in [3.8, 4) is 11.3 Å². The fraction of sp³-hybridized carbons (Fsp3) is 0.517. The molecule has 5 rings (SSSR count). The summed E-state index contributed by atoms with van der Waals surface area (Å²) < 4.78 is 1.84. The molecule has 3 fully saturated rings. The summed E-state index contributed by atoms with van der Waals surface area (Å²) in [4.78, 5) is 26.2. The molecular formula is C29H39N7O. The number of piperidine rings is 1. The highest BCUT2D eigenvalue weighted by Crippen LogP contribution is 2.35. The van der Waals surface area contributed by atoms with E-state index in [1.807, 2.05) is 28.2 Å². The number of carbonyl (C=O) groups excluding carboxylic acids is 1. The lowest BCUT2D eigenvalue weighted by Crippen LogP contribution is -2.51. The van der Waals surface area contributed by atoms with Crippen LogP contribution >= 0.6 is 0 Å². The molecule has 2 aliphatic heterocycles. The topological polar surface area (TPSA) is 78.1 Å². The lowest BCUT2D eigenvalue weighted by Gasteiger charge is -2.41. The molecule has 8 nitrogen and oxygen atoms in total. The normalized spacial score (nSPS) is 24.8. The number of aliphatic imine (C=N–C) groups is 1. The molecule has 0 aromatic carbocycles. The van der Waals surface area contributed by atoms with Gasteiger partial charge in [-0.2, -0.15) is 5.10 Å². The van der Waals surface area contributed by atoms with Crippen LogP contribution in [0.4, 0.5) is 0 Å². The van der Waals surface area contributed by atoms with Crippen molar-refractivity contribution < 1.29 is 4.79 Å². The van der Waals surface area contributed by atoms with Crippen LogP contribution in [0, 0.1) is 11.8 Å². The Kier molecular flexibility index (Phi) is 7.84. The first-order valence-electron chi connectivity index (χ1n) is 13.6. The summed E-state index contributed by atoms with van der Waals surface area (Å²) in [6.07, 6.45) is 12.4. The van der Waals surface area contributed by atoms with Gasteiger partial charge >= 0.3 is 0 Å². The average molecular weight is 502 g/mol. The second kappa shape index (κ2) is 11.4. The van der Waals surface area contributed by atoms with Crippen molar-refractivity contribution in [2.45, 2.75) is 38.5 Å². The molecule has 1 atom stereocenters. The number of pyridine rings is 1. The number of carbonyl (C=O) groups is 1. The summed E-state index contributed by atoms with van der Waals surface area (Å²) in [5.74, 6) is 1.48. The molecule has 4 heterocycles. The highest BCUT2D eigenvalue weighted by molar-refractivity contribution is 5.82. The zero-order valence-electron chi connectivity index (χ0n) is 22.1. The summed E-state index contributed by atoms with van der Waals surface area (Å²) >= 11 is 0. The summed E-state index contributed by atoms with van der Waals surface area (Å²) in [5.41, 5.74) is 5.37. The smallest absolute Gasteiger partial charge is 0.225 e. The Labute approximate surface area is 220 Å². The Bertz CT molecular complexity index is 1150. The highest BCUT2D eigenvalue weighted by atomic mass is 16.2. The van der Waals surface area contributed by atoms with E-state index in [0.717, 1.165) is 74.8 Å². The van der Waals surface area contributed by atoms with Gasteiger partial charge in [0, 0.05) is 76.6 Å². The minimum absolute atomic E-state index is 0.161. The van der Waals surface area contributed by atoms with Crippen LogP contribution in [0.5, 0.6) is 0 Å². The van der Waals surface area contributed by atoms with Crippen LogP contribution in [0.2, 0.25) is 0 Å². The van der Waals surface area contributed by atoms with E-state index in [9.17, 15) is 4.79 Å². The molecule has 37 heavy (non-hydrogen) atoms. The quantitative estimate of drug-likeness (QED) is 0.587. The number of nitrogens with zero attached hydrogens (tertiary/aromatic N) is 6. The Morgan fingerprint density at radius 2 is 1.97 bits per heavy atom. The van der Waals surface area contributed by atoms with E-state index in [-0.39, 0.29) is 5.92 Å². The fourth-order valence-electron chi connectivity index (χ4n) is 5.97. The van der Waals surface area contributed by atoms with Crippen molar-refractivity contribution >= 4 is 24.5 Å². The highest BCUT2D eigenvalue weighted by Gasteiger charge is 2.37. The number of hydrogen-bond donors (Lipinski definition) is 1. The van der Waals surface area contributed by atoms with Gasteiger partial charge in [-0.25, -0.2) is 4.68 Å². The number of rotatable bonds is 7. The monoisotopic (exact) mass is 501 g/mol. The third kappa shape index (κ3) is 5.39. The number of amides is 1. The molecule has 1 N–H and O–H groups in total. The molecule has 8 heteroatoms. The van der Waals surface area contributed by atoms with Crippen LogP contribution in [0.3, 0.4) is 0 Å². The minimum atomic E-state index is 0.161. The Morgan fingerprint density at radius 1 is 1.19 bits per heavy atom. The summed E-state index contributed by atoms with van der Waals surface area (Å²) in [6.45, 7) is 11.1. The van der Waals surface area contributed by atoms with Crippen LogP contribution < -0.4 is 5.32 Å². The first-order chi connectivity index (χ1) is 18.1. The van der Waals surface area contributed by atoms with Crippen molar-refractivity contribution in [3.63, 3.8) is 0 Å². The van der Waals surface area contributed by atoms with Crippen LogP contribution in [0.1, 0.15) is 49.8 Å². The lowest BCUT2D eigenvalue weighted by atomic mass is 9.75. The Balaban J connectivity index is 1.25. The van der Waals surface area contributed by atoms with Gasteiger partial charge in [0.25, 0.3) is 0 Å². The van der Waals surface area contributed by atoms with Gasteiger partial charge in [0.2, 0.25) is 5.91 Å². The van der Waals surface area contributed by atoms with Gasteiger partial charge in [0.15, 0.2) is 0 Å². The Hall–Kier alpha value is -3.26. The number of piperazine rings is 1. The third-order valence-corrected chi connectivity index (χ3v) is 8.15. The van der Waals surface area contributed by atoms with Crippen molar-refractivity contribution in [3.05, 3.63) is 47.9 Å². The predicted molar refractivity (Wildman–Crippen MR) is 150 cm³/mol. The molecule has 0 bridgehead atoms. The van der Waals surface area contributed by atoms with E-state index in [2.05, 4.69) is 58.2 Å². The van der Waals surface area contributed by atoms with E-state index >= 15 is 0 Å². The second-order valence-electron chi connectivity index (χ2n) is 10.4. The zero-order chi connectivity index (χ0) is 25.8. The number of hydrogen-bond acceptors (Lipinski definition) is 6. The molecule has 2 saturated heterocycles. The van der Waals surface area contributed by atoms with E-state index < -0.39 is 0 Å². The molecule has 0 radical (unpaired) electrons.